The molecule has 0 spiro atoms. The molecule has 1 aliphatic rings. The minimum absolute atomic E-state index is 0.0932. The van der Waals surface area contributed by atoms with Crippen molar-refractivity contribution in [2.75, 3.05) is 6.79 Å². The lowest BCUT2D eigenvalue weighted by molar-refractivity contribution is -0.129. The first kappa shape index (κ1) is 18.3. The van der Waals surface area contributed by atoms with Crippen molar-refractivity contribution in [3.05, 3.63) is 59.2 Å². The molecule has 7 nitrogen and oxygen atoms in total. The molecule has 7 heteroatoms. The Balaban J connectivity index is 1.56. The summed E-state index contributed by atoms with van der Waals surface area (Å²) in [6.45, 7) is 1.95. The average Bonchev–Trinajstić information content (AvgIpc) is 3.14. The number of carbonyl (C=O) groups is 2. The van der Waals surface area contributed by atoms with E-state index in [-0.39, 0.29) is 25.3 Å². The van der Waals surface area contributed by atoms with Crippen LogP contribution in [0.25, 0.3) is 0 Å². The zero-order valence-corrected chi connectivity index (χ0v) is 14.7. The quantitative estimate of drug-likeness (QED) is 0.788. The molecular weight excluding hydrogens is 348 g/mol. The van der Waals surface area contributed by atoms with E-state index < -0.39 is 18.0 Å². The van der Waals surface area contributed by atoms with Crippen molar-refractivity contribution >= 4 is 11.9 Å². The smallest absolute Gasteiger partial charge is 0.339 e. The highest BCUT2D eigenvalue weighted by Crippen LogP contribution is 2.32. The number of benzene rings is 2. The predicted octanol–water partition coefficient (Wildman–Crippen LogP) is 2.34. The molecule has 27 heavy (non-hydrogen) atoms. The second kappa shape index (κ2) is 8.23. The Bertz CT molecular complexity index is 903. The number of nitriles is 1. The van der Waals surface area contributed by atoms with Gasteiger partial charge in [-0.15, -0.1) is 0 Å². The molecule has 2 aromatic rings. The SMILES string of the molecule is C[C@H](OC(=O)c1ccccc1CC#N)C(=O)NCc1ccc2c(c1)OCO2. The van der Waals surface area contributed by atoms with Gasteiger partial charge < -0.3 is 19.5 Å². The van der Waals surface area contributed by atoms with Gasteiger partial charge in [-0.05, 0) is 36.2 Å². The van der Waals surface area contributed by atoms with Crippen molar-refractivity contribution in [2.45, 2.75) is 26.0 Å². The van der Waals surface area contributed by atoms with Crippen LogP contribution >= 0.6 is 0 Å². The maximum absolute atomic E-state index is 12.3. The van der Waals surface area contributed by atoms with Gasteiger partial charge in [0.25, 0.3) is 5.91 Å². The van der Waals surface area contributed by atoms with Crippen LogP contribution in [0.3, 0.4) is 0 Å². The van der Waals surface area contributed by atoms with Crippen molar-refractivity contribution in [1.82, 2.24) is 5.32 Å². The molecule has 0 saturated carbocycles. The summed E-state index contributed by atoms with van der Waals surface area (Å²) in [5.41, 5.74) is 1.69. The third-order valence-corrected chi connectivity index (χ3v) is 4.06. The van der Waals surface area contributed by atoms with Gasteiger partial charge in [-0.2, -0.15) is 5.26 Å². The molecule has 0 saturated heterocycles. The minimum Gasteiger partial charge on any atom is -0.454 e. The summed E-state index contributed by atoms with van der Waals surface area (Å²) in [6.07, 6.45) is -0.877. The number of carbonyl (C=O) groups excluding carboxylic acids is 2. The van der Waals surface area contributed by atoms with Crippen LogP contribution in [0.5, 0.6) is 11.5 Å². The number of esters is 1. The highest BCUT2D eigenvalue weighted by atomic mass is 16.7. The first-order valence-corrected chi connectivity index (χ1v) is 8.40. The Labute approximate surface area is 156 Å². The molecule has 2 aromatic carbocycles. The van der Waals surface area contributed by atoms with Gasteiger partial charge >= 0.3 is 5.97 Å². The fraction of sp³-hybridized carbons (Fsp3) is 0.250. The molecule has 0 fully saturated rings. The van der Waals surface area contributed by atoms with Gasteiger partial charge in [-0.3, -0.25) is 4.79 Å². The van der Waals surface area contributed by atoms with Gasteiger partial charge in [0, 0.05) is 6.54 Å². The number of hydrogen-bond donors (Lipinski definition) is 1. The van der Waals surface area contributed by atoms with Crippen LogP contribution in [-0.2, 0) is 22.5 Å². The second-order valence-corrected chi connectivity index (χ2v) is 5.94. The van der Waals surface area contributed by atoms with Gasteiger partial charge in [0.15, 0.2) is 17.6 Å². The second-order valence-electron chi connectivity index (χ2n) is 5.94. The number of hydrogen-bond acceptors (Lipinski definition) is 6. The van der Waals surface area contributed by atoms with Gasteiger partial charge in [-0.1, -0.05) is 24.3 Å². The zero-order chi connectivity index (χ0) is 19.2. The minimum atomic E-state index is -0.971. The Morgan fingerprint density at radius 3 is 2.81 bits per heavy atom. The molecule has 1 aliphatic heterocycles. The summed E-state index contributed by atoms with van der Waals surface area (Å²) in [7, 11) is 0. The summed E-state index contributed by atoms with van der Waals surface area (Å²) < 4.78 is 15.8. The third-order valence-electron chi connectivity index (χ3n) is 4.06. The largest absolute Gasteiger partial charge is 0.454 e. The number of nitrogens with one attached hydrogen (secondary N) is 1. The van der Waals surface area contributed by atoms with E-state index in [1.54, 1.807) is 36.4 Å². The van der Waals surface area contributed by atoms with Crippen molar-refractivity contribution in [2.24, 2.45) is 0 Å². The monoisotopic (exact) mass is 366 g/mol. The highest BCUT2D eigenvalue weighted by molar-refractivity contribution is 5.93. The van der Waals surface area contributed by atoms with E-state index in [1.807, 2.05) is 12.1 Å². The van der Waals surface area contributed by atoms with Crippen LogP contribution in [0, 0.1) is 11.3 Å². The fourth-order valence-electron chi connectivity index (χ4n) is 2.62. The van der Waals surface area contributed by atoms with E-state index in [2.05, 4.69) is 5.32 Å². The van der Waals surface area contributed by atoms with E-state index in [4.69, 9.17) is 19.5 Å². The number of rotatable bonds is 6. The number of amides is 1. The summed E-state index contributed by atoms with van der Waals surface area (Å²) >= 11 is 0. The van der Waals surface area contributed by atoms with E-state index in [0.29, 0.717) is 17.1 Å². The standard InChI is InChI=1S/C20H18N2O5/c1-13(27-20(24)16-5-3-2-4-15(16)8-9-21)19(23)22-11-14-6-7-17-18(10-14)26-12-25-17/h2-7,10,13H,8,11-12H2,1H3,(H,22,23)/t13-/m0/s1. The zero-order valence-electron chi connectivity index (χ0n) is 14.7. The van der Waals surface area contributed by atoms with E-state index >= 15 is 0 Å². The molecule has 3 rings (SSSR count). The van der Waals surface area contributed by atoms with E-state index in [0.717, 1.165) is 5.56 Å². The molecule has 0 unspecified atom stereocenters. The molecule has 0 radical (unpaired) electrons. The number of nitrogens with zero attached hydrogens (tertiary/aromatic N) is 1. The molecule has 1 N–H and O–H groups in total. The van der Waals surface area contributed by atoms with Crippen LogP contribution < -0.4 is 14.8 Å². The van der Waals surface area contributed by atoms with Gasteiger partial charge in [0.05, 0.1) is 18.1 Å². The van der Waals surface area contributed by atoms with Crippen LogP contribution in [0.2, 0.25) is 0 Å². The van der Waals surface area contributed by atoms with E-state index in [9.17, 15) is 9.59 Å². The van der Waals surface area contributed by atoms with Gasteiger partial charge in [0.2, 0.25) is 6.79 Å². The van der Waals surface area contributed by atoms with Crippen LogP contribution in [0.4, 0.5) is 0 Å². The molecule has 0 aliphatic carbocycles. The summed E-state index contributed by atoms with van der Waals surface area (Å²) in [4.78, 5) is 24.5. The Hall–Kier alpha value is -3.53. The Kier molecular flexibility index (Phi) is 5.57. The lowest BCUT2D eigenvalue weighted by Gasteiger charge is -2.14. The normalized spacial score (nSPS) is 12.7. The first-order valence-electron chi connectivity index (χ1n) is 8.40. The molecule has 1 amide bonds. The van der Waals surface area contributed by atoms with Gasteiger partial charge in [-0.25, -0.2) is 4.79 Å². The van der Waals surface area contributed by atoms with E-state index in [1.165, 1.54) is 6.92 Å². The van der Waals surface area contributed by atoms with Crippen molar-refractivity contribution in [3.8, 4) is 17.6 Å². The fourth-order valence-corrected chi connectivity index (χ4v) is 2.62. The molecule has 0 bridgehead atoms. The van der Waals surface area contributed by atoms with Crippen molar-refractivity contribution in [1.29, 1.82) is 5.26 Å². The van der Waals surface area contributed by atoms with Gasteiger partial charge in [0.1, 0.15) is 0 Å². The maximum atomic E-state index is 12.3. The Morgan fingerprint density at radius 2 is 2.00 bits per heavy atom. The van der Waals surface area contributed by atoms with Crippen molar-refractivity contribution < 1.29 is 23.8 Å². The highest BCUT2D eigenvalue weighted by Gasteiger charge is 2.21. The van der Waals surface area contributed by atoms with Crippen LogP contribution in [0.15, 0.2) is 42.5 Å². The third kappa shape index (κ3) is 4.36. The summed E-state index contributed by atoms with van der Waals surface area (Å²) in [5.74, 6) is 0.254. The molecule has 1 atom stereocenters. The van der Waals surface area contributed by atoms with Crippen molar-refractivity contribution in [3.63, 3.8) is 0 Å². The molecular formula is C20H18N2O5. The molecule has 1 heterocycles. The molecule has 0 aromatic heterocycles. The van der Waals surface area contributed by atoms with Crippen LogP contribution in [0.1, 0.15) is 28.4 Å². The molecule has 138 valence electrons. The number of fused-ring (bicyclic) bond motifs is 1. The predicted molar refractivity (Wildman–Crippen MR) is 95.0 cm³/mol. The summed E-state index contributed by atoms with van der Waals surface area (Å²) in [6, 6.07) is 14.1. The first-order chi connectivity index (χ1) is 13.1. The topological polar surface area (TPSA) is 97.7 Å². The Morgan fingerprint density at radius 1 is 1.22 bits per heavy atom. The number of ether oxygens (including phenoxy) is 3. The lowest BCUT2D eigenvalue weighted by Crippen LogP contribution is -2.35. The lowest BCUT2D eigenvalue weighted by atomic mass is 10.1. The maximum Gasteiger partial charge on any atom is 0.339 e. The summed E-state index contributed by atoms with van der Waals surface area (Å²) in [5, 5.41) is 11.6. The average molecular weight is 366 g/mol. The van der Waals surface area contributed by atoms with Crippen LogP contribution in [-0.4, -0.2) is 24.8 Å².